The molecule has 154 valence electrons. The van der Waals surface area contributed by atoms with Gasteiger partial charge in [-0.25, -0.2) is 0 Å². The Bertz CT molecular complexity index is 822. The fourth-order valence-electron chi connectivity index (χ4n) is 2.97. The van der Waals surface area contributed by atoms with Crippen LogP contribution in [-0.4, -0.2) is 29.2 Å². The van der Waals surface area contributed by atoms with Crippen molar-refractivity contribution in [2.75, 3.05) is 23.7 Å². The van der Waals surface area contributed by atoms with Gasteiger partial charge in [-0.3, -0.25) is 9.89 Å². The first-order valence-electron chi connectivity index (χ1n) is 8.93. The molecule has 0 radical (unpaired) electrons. The second kappa shape index (κ2) is 9.29. The third-order valence-electron chi connectivity index (χ3n) is 4.46. The van der Waals surface area contributed by atoms with Crippen LogP contribution in [0.1, 0.15) is 47.1 Å². The van der Waals surface area contributed by atoms with Crippen molar-refractivity contribution < 1.29 is 18.0 Å². The number of hydrogen-bond donors (Lipinski definition) is 4. The summed E-state index contributed by atoms with van der Waals surface area (Å²) in [5, 5.41) is 15.7. The minimum Gasteiger partial charge on any atom is -0.383 e. The van der Waals surface area contributed by atoms with Crippen molar-refractivity contribution in [2.24, 2.45) is 0 Å². The highest BCUT2D eigenvalue weighted by atomic mass is 35.5. The Morgan fingerprint density at radius 2 is 2.07 bits per heavy atom. The largest absolute Gasteiger partial charge is 0.416 e. The highest BCUT2D eigenvalue weighted by molar-refractivity contribution is 6.05. The van der Waals surface area contributed by atoms with Crippen molar-refractivity contribution in [1.29, 1.82) is 0 Å². The van der Waals surface area contributed by atoms with E-state index >= 15 is 0 Å². The zero-order valence-electron chi connectivity index (χ0n) is 15.4. The Kier molecular flexibility index (Phi) is 7.31. The van der Waals surface area contributed by atoms with Crippen molar-refractivity contribution in [3.63, 3.8) is 0 Å². The van der Waals surface area contributed by atoms with Gasteiger partial charge in [0.1, 0.15) is 0 Å². The van der Waals surface area contributed by atoms with Gasteiger partial charge in [0, 0.05) is 37.3 Å². The molecule has 1 aromatic heterocycles. The first-order valence-corrected chi connectivity index (χ1v) is 8.93. The van der Waals surface area contributed by atoms with Gasteiger partial charge in [-0.2, -0.15) is 18.3 Å². The molecule has 0 fully saturated rings. The Morgan fingerprint density at radius 3 is 2.79 bits per heavy atom. The van der Waals surface area contributed by atoms with Crippen molar-refractivity contribution >= 4 is 29.7 Å². The van der Waals surface area contributed by atoms with E-state index < -0.39 is 17.6 Å². The molecule has 1 amide bonds. The number of fused-ring (bicyclic) bond motifs is 1. The van der Waals surface area contributed by atoms with Crippen molar-refractivity contribution in [1.82, 2.24) is 15.5 Å². The van der Waals surface area contributed by atoms with Crippen LogP contribution >= 0.6 is 12.4 Å². The predicted octanol–water partition coefficient (Wildman–Crippen LogP) is 3.96. The maximum absolute atomic E-state index is 13.1. The molecule has 0 spiro atoms. The molecule has 1 aliphatic rings. The molecule has 10 heteroatoms. The second-order valence-corrected chi connectivity index (χ2v) is 6.45. The topological polar surface area (TPSA) is 81.8 Å². The quantitative estimate of drug-likeness (QED) is 0.536. The summed E-state index contributed by atoms with van der Waals surface area (Å²) in [5.74, 6) is -0.533. The van der Waals surface area contributed by atoms with Gasteiger partial charge >= 0.3 is 6.18 Å². The van der Waals surface area contributed by atoms with E-state index in [1.807, 2.05) is 6.92 Å². The number of carbonyl (C=O) groups excluding carboxylic acids is 1. The summed E-state index contributed by atoms with van der Waals surface area (Å²) in [4.78, 5) is 12.7. The number of nitrogens with one attached hydrogen (secondary N) is 4. The van der Waals surface area contributed by atoms with Crippen LogP contribution in [0.15, 0.2) is 18.2 Å². The molecular weight excluding hydrogens is 395 g/mol. The molecule has 0 bridgehead atoms. The minimum absolute atomic E-state index is 0. The Labute approximate surface area is 167 Å². The van der Waals surface area contributed by atoms with Crippen molar-refractivity contribution in [3.05, 3.63) is 40.7 Å². The van der Waals surface area contributed by atoms with Gasteiger partial charge in [0.25, 0.3) is 5.91 Å². The number of benzene rings is 1. The van der Waals surface area contributed by atoms with E-state index in [0.29, 0.717) is 18.8 Å². The molecule has 3 rings (SSSR count). The number of amides is 1. The van der Waals surface area contributed by atoms with E-state index in [4.69, 9.17) is 0 Å². The smallest absolute Gasteiger partial charge is 0.383 e. The summed E-state index contributed by atoms with van der Waals surface area (Å²) in [5.41, 5.74) is 1.56. The first kappa shape index (κ1) is 22.0. The van der Waals surface area contributed by atoms with Crippen LogP contribution in [0, 0.1) is 0 Å². The van der Waals surface area contributed by atoms with E-state index in [2.05, 4.69) is 26.1 Å². The lowest BCUT2D eigenvalue weighted by atomic mass is 10.1. The number of anilines is 2. The molecule has 2 aromatic rings. The Balaban J connectivity index is 0.00000280. The minimum atomic E-state index is -4.49. The van der Waals surface area contributed by atoms with Gasteiger partial charge < -0.3 is 16.0 Å². The van der Waals surface area contributed by atoms with Crippen molar-refractivity contribution in [2.45, 2.75) is 38.9 Å². The standard InChI is InChI=1S/C18H22F3N5O.ClH/c1-2-3-7-23-14-5-4-11(18(19,20)21)9-15(14)24-17(27)16-12-10-22-8-6-13(12)25-26-16;/h4-5,9,22-23H,2-3,6-8,10H2,1H3,(H,24,27)(H,25,26);1H. The fraction of sp³-hybridized carbons (Fsp3) is 0.444. The number of unbranched alkanes of at least 4 members (excludes halogenated alkanes) is 1. The molecule has 0 aliphatic carbocycles. The lowest BCUT2D eigenvalue weighted by Gasteiger charge is -2.16. The summed E-state index contributed by atoms with van der Waals surface area (Å²) >= 11 is 0. The monoisotopic (exact) mass is 417 g/mol. The number of alkyl halides is 3. The summed E-state index contributed by atoms with van der Waals surface area (Å²) in [6.07, 6.45) is -1.95. The van der Waals surface area contributed by atoms with E-state index in [1.165, 1.54) is 6.07 Å². The third-order valence-corrected chi connectivity index (χ3v) is 4.46. The van der Waals surface area contributed by atoms with Crippen LogP contribution in [0.3, 0.4) is 0 Å². The maximum atomic E-state index is 13.1. The number of rotatable bonds is 6. The lowest BCUT2D eigenvalue weighted by Crippen LogP contribution is -2.25. The van der Waals surface area contributed by atoms with Gasteiger partial charge in [-0.05, 0) is 24.6 Å². The predicted molar refractivity (Wildman–Crippen MR) is 104 cm³/mol. The van der Waals surface area contributed by atoms with Crippen LogP contribution < -0.4 is 16.0 Å². The zero-order chi connectivity index (χ0) is 19.4. The SMILES string of the molecule is CCCCNc1ccc(C(F)(F)F)cc1NC(=O)c1n[nH]c2c1CNCC2.Cl. The summed E-state index contributed by atoms with van der Waals surface area (Å²) < 4.78 is 39.2. The summed E-state index contributed by atoms with van der Waals surface area (Å²) in [6.45, 7) is 3.91. The Hall–Kier alpha value is -2.26. The number of hydrogen-bond acceptors (Lipinski definition) is 4. The van der Waals surface area contributed by atoms with Crippen LogP contribution in [0.5, 0.6) is 0 Å². The molecule has 4 N–H and O–H groups in total. The molecule has 1 aliphatic heterocycles. The lowest BCUT2D eigenvalue weighted by molar-refractivity contribution is -0.137. The molecule has 0 atom stereocenters. The van der Waals surface area contributed by atoms with Gasteiger partial charge in [-0.1, -0.05) is 13.3 Å². The molecule has 28 heavy (non-hydrogen) atoms. The molecule has 0 saturated carbocycles. The summed E-state index contributed by atoms with van der Waals surface area (Å²) in [7, 11) is 0. The van der Waals surface area contributed by atoms with Gasteiger partial charge in [0.05, 0.1) is 16.9 Å². The normalized spacial score (nSPS) is 13.4. The first-order chi connectivity index (χ1) is 12.9. The van der Waals surface area contributed by atoms with Crippen LogP contribution in [-0.2, 0) is 19.1 Å². The number of aromatic amines is 1. The molecule has 6 nitrogen and oxygen atoms in total. The van der Waals surface area contributed by atoms with Crippen LogP contribution in [0.2, 0.25) is 0 Å². The molecule has 2 heterocycles. The molecule has 0 unspecified atom stereocenters. The second-order valence-electron chi connectivity index (χ2n) is 6.45. The summed E-state index contributed by atoms with van der Waals surface area (Å²) in [6, 6.07) is 3.30. The number of H-pyrrole nitrogens is 1. The molecule has 0 saturated heterocycles. The van der Waals surface area contributed by atoms with E-state index in [1.54, 1.807) is 0 Å². The van der Waals surface area contributed by atoms with Crippen LogP contribution in [0.25, 0.3) is 0 Å². The van der Waals surface area contributed by atoms with Gasteiger partial charge in [0.15, 0.2) is 5.69 Å². The number of halogens is 4. The number of aromatic nitrogens is 2. The fourth-order valence-corrected chi connectivity index (χ4v) is 2.97. The highest BCUT2D eigenvalue weighted by Gasteiger charge is 2.31. The van der Waals surface area contributed by atoms with Crippen LogP contribution in [0.4, 0.5) is 24.5 Å². The average molecular weight is 418 g/mol. The van der Waals surface area contributed by atoms with Gasteiger partial charge in [-0.15, -0.1) is 12.4 Å². The zero-order valence-corrected chi connectivity index (χ0v) is 16.2. The Morgan fingerprint density at radius 1 is 1.29 bits per heavy atom. The average Bonchev–Trinajstić information content (AvgIpc) is 3.06. The van der Waals surface area contributed by atoms with E-state index in [0.717, 1.165) is 49.2 Å². The third kappa shape index (κ3) is 4.96. The maximum Gasteiger partial charge on any atom is 0.416 e. The molecular formula is C18H23ClF3N5O. The van der Waals surface area contributed by atoms with Crippen molar-refractivity contribution in [3.8, 4) is 0 Å². The molecule has 1 aromatic carbocycles. The highest BCUT2D eigenvalue weighted by Crippen LogP contribution is 2.34. The van der Waals surface area contributed by atoms with E-state index in [9.17, 15) is 18.0 Å². The van der Waals surface area contributed by atoms with E-state index in [-0.39, 0.29) is 23.8 Å². The number of carbonyl (C=O) groups is 1. The number of nitrogens with zero attached hydrogens (tertiary/aromatic N) is 1. The van der Waals surface area contributed by atoms with Gasteiger partial charge in [0.2, 0.25) is 0 Å².